The van der Waals surface area contributed by atoms with Crippen LogP contribution in [0.15, 0.2) is 48.7 Å². The molecule has 0 aliphatic heterocycles. The van der Waals surface area contributed by atoms with Gasteiger partial charge in [0, 0.05) is 19.2 Å². The number of hydrogen-bond acceptors (Lipinski definition) is 5. The number of fused-ring (bicyclic) bond motifs is 1. The lowest BCUT2D eigenvalue weighted by molar-refractivity contribution is 0.102. The Labute approximate surface area is 154 Å². The Bertz CT molecular complexity index is 1080. The summed E-state index contributed by atoms with van der Waals surface area (Å²) in [7, 11) is 1.85. The van der Waals surface area contributed by atoms with Crippen LogP contribution < -0.4 is 5.32 Å². The number of nitrogens with one attached hydrogen (secondary N) is 1. The number of benzene rings is 1. The summed E-state index contributed by atoms with van der Waals surface area (Å²) in [6, 6.07) is 13.8. The van der Waals surface area contributed by atoms with E-state index < -0.39 is 0 Å². The van der Waals surface area contributed by atoms with Gasteiger partial charge in [-0.25, -0.2) is 9.97 Å². The van der Waals surface area contributed by atoms with Gasteiger partial charge in [0.2, 0.25) is 0 Å². The number of rotatable bonds is 4. The summed E-state index contributed by atoms with van der Waals surface area (Å²) in [5.41, 5.74) is 4.26. The van der Waals surface area contributed by atoms with E-state index in [1.165, 1.54) is 11.3 Å². The van der Waals surface area contributed by atoms with Gasteiger partial charge < -0.3 is 0 Å². The molecule has 0 atom stereocenters. The summed E-state index contributed by atoms with van der Waals surface area (Å²) >= 11 is 1.37. The van der Waals surface area contributed by atoms with Crippen LogP contribution in [0.5, 0.6) is 0 Å². The number of aryl methyl sites for hydroxylation is 2. The normalized spacial score (nSPS) is 11.0. The zero-order valence-electron chi connectivity index (χ0n) is 14.4. The fraction of sp³-hybridized carbons (Fsp3) is 0.158. The number of thiazole rings is 1. The highest BCUT2D eigenvalue weighted by Crippen LogP contribution is 2.25. The molecule has 0 radical (unpaired) electrons. The smallest absolute Gasteiger partial charge is 0.260 e. The molecule has 3 aromatic heterocycles. The molecule has 1 amide bonds. The minimum atomic E-state index is -0.209. The Morgan fingerprint density at radius 2 is 1.96 bits per heavy atom. The molecule has 0 saturated heterocycles. The van der Waals surface area contributed by atoms with Gasteiger partial charge in [0.25, 0.3) is 5.91 Å². The third-order valence-electron chi connectivity index (χ3n) is 4.14. The van der Waals surface area contributed by atoms with Gasteiger partial charge in [-0.2, -0.15) is 5.10 Å². The van der Waals surface area contributed by atoms with Gasteiger partial charge in [0.05, 0.1) is 17.5 Å². The molecule has 0 aliphatic carbocycles. The van der Waals surface area contributed by atoms with Gasteiger partial charge in [0.15, 0.2) is 5.13 Å². The maximum Gasteiger partial charge on any atom is 0.260 e. The number of anilines is 1. The number of amides is 1. The number of nitrogens with zero attached hydrogens (tertiary/aromatic N) is 4. The van der Waals surface area contributed by atoms with Crippen molar-refractivity contribution in [3.05, 3.63) is 71.2 Å². The molecule has 0 spiro atoms. The van der Waals surface area contributed by atoms with Crippen molar-refractivity contribution < 1.29 is 4.79 Å². The summed E-state index contributed by atoms with van der Waals surface area (Å²) in [5.74, 6) is -0.209. The predicted octanol–water partition coefficient (Wildman–Crippen LogP) is 3.58. The quantitative estimate of drug-likeness (QED) is 0.601. The molecule has 0 unspecified atom stereocenters. The van der Waals surface area contributed by atoms with Crippen LogP contribution in [0.1, 0.15) is 27.3 Å². The average Bonchev–Trinajstić information content (AvgIpc) is 3.19. The van der Waals surface area contributed by atoms with Crippen molar-refractivity contribution in [1.29, 1.82) is 0 Å². The first-order valence-electron chi connectivity index (χ1n) is 8.20. The minimum absolute atomic E-state index is 0.209. The van der Waals surface area contributed by atoms with Crippen LogP contribution in [0, 0.1) is 6.92 Å². The number of hydrogen-bond donors (Lipinski definition) is 1. The average molecular weight is 363 g/mol. The number of carbonyl (C=O) groups excluding carboxylic acids is 1. The van der Waals surface area contributed by atoms with Crippen LogP contribution in [-0.4, -0.2) is 25.7 Å². The van der Waals surface area contributed by atoms with Crippen molar-refractivity contribution in [1.82, 2.24) is 19.7 Å². The molecule has 4 aromatic rings. The van der Waals surface area contributed by atoms with Crippen molar-refractivity contribution in [2.45, 2.75) is 13.3 Å². The molecule has 26 heavy (non-hydrogen) atoms. The summed E-state index contributed by atoms with van der Waals surface area (Å²) in [5, 5.41) is 7.68. The van der Waals surface area contributed by atoms with Gasteiger partial charge in [-0.1, -0.05) is 41.7 Å². The van der Waals surface area contributed by atoms with E-state index in [1.807, 2.05) is 56.4 Å². The molecule has 6 nitrogen and oxygen atoms in total. The summed E-state index contributed by atoms with van der Waals surface area (Å²) in [6.45, 7) is 1.93. The molecule has 0 aliphatic rings. The second kappa shape index (κ2) is 6.68. The van der Waals surface area contributed by atoms with Crippen molar-refractivity contribution in [2.24, 2.45) is 7.05 Å². The fourth-order valence-corrected chi connectivity index (χ4v) is 3.66. The topological polar surface area (TPSA) is 72.7 Å². The first kappa shape index (κ1) is 16.4. The number of carbonyl (C=O) groups is 1. The van der Waals surface area contributed by atoms with Crippen LogP contribution >= 0.6 is 11.3 Å². The molecule has 0 bridgehead atoms. The lowest BCUT2D eigenvalue weighted by Crippen LogP contribution is -2.14. The van der Waals surface area contributed by atoms with Crippen molar-refractivity contribution >= 4 is 32.7 Å². The molecule has 7 heteroatoms. The minimum Gasteiger partial charge on any atom is -0.298 e. The van der Waals surface area contributed by atoms with Gasteiger partial charge >= 0.3 is 0 Å². The van der Waals surface area contributed by atoms with Crippen molar-refractivity contribution in [3.63, 3.8) is 0 Å². The molecular weight excluding hydrogens is 346 g/mol. The molecule has 130 valence electrons. The van der Waals surface area contributed by atoms with Crippen molar-refractivity contribution in [2.75, 3.05) is 5.32 Å². The second-order valence-electron chi connectivity index (χ2n) is 6.04. The summed E-state index contributed by atoms with van der Waals surface area (Å²) in [4.78, 5) is 22.5. The van der Waals surface area contributed by atoms with E-state index in [0.29, 0.717) is 17.1 Å². The van der Waals surface area contributed by atoms with Crippen molar-refractivity contribution in [3.8, 4) is 0 Å². The van der Waals surface area contributed by atoms with E-state index in [9.17, 15) is 4.79 Å². The third kappa shape index (κ3) is 3.21. The highest BCUT2D eigenvalue weighted by atomic mass is 32.1. The Morgan fingerprint density at radius 3 is 2.77 bits per heavy atom. The maximum absolute atomic E-state index is 12.8. The summed E-state index contributed by atoms with van der Waals surface area (Å²) in [6.07, 6.45) is 2.24. The van der Waals surface area contributed by atoms with Gasteiger partial charge in [-0.3, -0.25) is 14.8 Å². The molecular formula is C19H17N5OS. The molecule has 0 fully saturated rings. The third-order valence-corrected chi connectivity index (χ3v) is 5.02. The fourth-order valence-electron chi connectivity index (χ4n) is 2.78. The monoisotopic (exact) mass is 363 g/mol. The van der Waals surface area contributed by atoms with E-state index in [1.54, 1.807) is 10.9 Å². The lowest BCUT2D eigenvalue weighted by Gasteiger charge is -2.06. The SMILES string of the molecule is Cc1ccc2nc(NC(=O)c3cnn(C)c3Cc3ccccc3)sc2n1. The van der Waals surface area contributed by atoms with Gasteiger partial charge in [-0.05, 0) is 24.6 Å². The highest BCUT2D eigenvalue weighted by Gasteiger charge is 2.18. The first-order chi connectivity index (χ1) is 12.6. The van der Waals surface area contributed by atoms with Gasteiger partial charge in [-0.15, -0.1) is 0 Å². The standard InChI is InChI=1S/C19H17N5OS/c1-12-8-9-15-18(21-12)26-19(22-15)23-17(25)14-11-20-24(2)16(14)10-13-6-4-3-5-7-13/h3-9,11H,10H2,1-2H3,(H,22,23,25). The number of pyridine rings is 1. The zero-order chi connectivity index (χ0) is 18.1. The van der Waals surface area contributed by atoms with Crippen LogP contribution in [0.3, 0.4) is 0 Å². The van der Waals surface area contributed by atoms with E-state index in [4.69, 9.17) is 0 Å². The van der Waals surface area contributed by atoms with Crippen LogP contribution in [-0.2, 0) is 13.5 Å². The lowest BCUT2D eigenvalue weighted by atomic mass is 10.1. The first-order valence-corrected chi connectivity index (χ1v) is 9.02. The van der Waals surface area contributed by atoms with E-state index in [-0.39, 0.29) is 5.91 Å². The Balaban J connectivity index is 1.60. The molecule has 3 heterocycles. The Hall–Kier alpha value is -3.06. The van der Waals surface area contributed by atoms with Crippen LogP contribution in [0.4, 0.5) is 5.13 Å². The maximum atomic E-state index is 12.8. The summed E-state index contributed by atoms with van der Waals surface area (Å²) < 4.78 is 1.74. The van der Waals surface area contributed by atoms with Crippen LogP contribution in [0.25, 0.3) is 10.3 Å². The van der Waals surface area contributed by atoms with E-state index >= 15 is 0 Å². The molecule has 1 aromatic carbocycles. The zero-order valence-corrected chi connectivity index (χ0v) is 15.2. The van der Waals surface area contributed by atoms with E-state index in [2.05, 4.69) is 20.4 Å². The highest BCUT2D eigenvalue weighted by molar-refractivity contribution is 7.22. The Kier molecular flexibility index (Phi) is 4.22. The largest absolute Gasteiger partial charge is 0.298 e. The number of aromatic nitrogens is 4. The molecule has 0 saturated carbocycles. The molecule has 4 rings (SSSR count). The second-order valence-corrected chi connectivity index (χ2v) is 7.02. The Morgan fingerprint density at radius 1 is 1.15 bits per heavy atom. The van der Waals surface area contributed by atoms with Gasteiger partial charge in [0.1, 0.15) is 10.3 Å². The van der Waals surface area contributed by atoms with Crippen LogP contribution in [0.2, 0.25) is 0 Å². The predicted molar refractivity (Wildman–Crippen MR) is 103 cm³/mol. The molecule has 1 N–H and O–H groups in total. The van der Waals surface area contributed by atoms with E-state index in [0.717, 1.165) is 27.3 Å².